The molecule has 0 bridgehead atoms. The lowest BCUT2D eigenvalue weighted by Gasteiger charge is -2.07. The van der Waals surface area contributed by atoms with Gasteiger partial charge in [0.2, 0.25) is 0 Å². The van der Waals surface area contributed by atoms with Gasteiger partial charge in [0.25, 0.3) is 0 Å². The van der Waals surface area contributed by atoms with Gasteiger partial charge in [-0.15, -0.1) is 0 Å². The molecule has 0 heterocycles. The summed E-state index contributed by atoms with van der Waals surface area (Å²) in [6.07, 6.45) is 0. The van der Waals surface area contributed by atoms with Crippen molar-refractivity contribution in [3.05, 3.63) is 32.9 Å². The van der Waals surface area contributed by atoms with Crippen molar-refractivity contribution in [1.29, 1.82) is 0 Å². The first-order chi connectivity index (χ1) is 6.04. The Morgan fingerprint density at radius 1 is 1.54 bits per heavy atom. The Hall–Kier alpha value is 0.100. The fourth-order valence-corrected chi connectivity index (χ4v) is 1.92. The zero-order chi connectivity index (χ0) is 10.0. The Balaban J connectivity index is 3.15. The van der Waals surface area contributed by atoms with E-state index in [-0.39, 0.29) is 10.6 Å². The van der Waals surface area contributed by atoms with E-state index >= 15 is 0 Å². The van der Waals surface area contributed by atoms with Crippen LogP contribution in [0.1, 0.15) is 22.8 Å². The molecule has 0 saturated carbocycles. The first kappa shape index (κ1) is 11.2. The van der Waals surface area contributed by atoms with E-state index < -0.39 is 0 Å². The number of Topliss-reactive ketones (excluding diaryl/α,β-unsaturated/α-hetero) is 1. The fourth-order valence-electron chi connectivity index (χ4n) is 1.05. The summed E-state index contributed by atoms with van der Waals surface area (Å²) in [5.74, 6) is 0.146. The molecular weight excluding hydrogens is 343 g/mol. The lowest BCUT2D eigenvalue weighted by atomic mass is 10.1. The second-order valence-electron chi connectivity index (χ2n) is 2.92. The second kappa shape index (κ2) is 4.55. The topological polar surface area (TPSA) is 17.1 Å². The molecular formula is C10H10BrIO. The Labute approximate surface area is 100 Å². The molecule has 0 aromatic heterocycles. The smallest absolute Gasteiger partial charge is 0.177 e. The average Bonchev–Trinajstić information content (AvgIpc) is 2.08. The average molecular weight is 353 g/mol. The van der Waals surface area contributed by atoms with Crippen LogP contribution in [0.15, 0.2) is 18.2 Å². The SMILES string of the molecule is Cc1cccc(C(=O)C(C)Br)c1I. The first-order valence-corrected chi connectivity index (χ1v) is 5.97. The normalized spacial score (nSPS) is 12.6. The molecule has 0 amide bonds. The maximum absolute atomic E-state index is 11.7. The highest BCUT2D eigenvalue weighted by molar-refractivity contribution is 14.1. The van der Waals surface area contributed by atoms with Gasteiger partial charge in [-0.3, -0.25) is 4.79 Å². The van der Waals surface area contributed by atoms with Gasteiger partial charge in [-0.2, -0.15) is 0 Å². The standard InChI is InChI=1S/C10H10BrIO/c1-6-4-3-5-8(9(6)12)10(13)7(2)11/h3-5,7H,1-2H3. The van der Waals surface area contributed by atoms with E-state index in [9.17, 15) is 4.79 Å². The number of hydrogen-bond donors (Lipinski definition) is 0. The van der Waals surface area contributed by atoms with Gasteiger partial charge in [-0.1, -0.05) is 34.1 Å². The summed E-state index contributed by atoms with van der Waals surface area (Å²) in [6.45, 7) is 3.86. The van der Waals surface area contributed by atoms with E-state index in [4.69, 9.17) is 0 Å². The van der Waals surface area contributed by atoms with Crippen molar-refractivity contribution in [1.82, 2.24) is 0 Å². The summed E-state index contributed by atoms with van der Waals surface area (Å²) in [6, 6.07) is 5.80. The number of alkyl halides is 1. The molecule has 0 aliphatic rings. The predicted molar refractivity (Wildman–Crippen MR) is 66.6 cm³/mol. The minimum atomic E-state index is -0.109. The molecule has 70 valence electrons. The maximum atomic E-state index is 11.7. The molecule has 1 rings (SSSR count). The number of aryl methyl sites for hydroxylation is 1. The van der Waals surface area contributed by atoms with Crippen molar-refractivity contribution in [3.8, 4) is 0 Å². The van der Waals surface area contributed by atoms with Crippen LogP contribution in [0.5, 0.6) is 0 Å². The number of carbonyl (C=O) groups is 1. The summed E-state index contributed by atoms with van der Waals surface area (Å²) in [7, 11) is 0. The molecule has 1 unspecified atom stereocenters. The summed E-state index contributed by atoms with van der Waals surface area (Å²) in [5, 5.41) is 0. The number of carbonyl (C=O) groups excluding carboxylic acids is 1. The van der Waals surface area contributed by atoms with Crippen molar-refractivity contribution in [3.63, 3.8) is 0 Å². The lowest BCUT2D eigenvalue weighted by molar-refractivity contribution is 0.0995. The minimum absolute atomic E-state index is 0.109. The molecule has 1 atom stereocenters. The van der Waals surface area contributed by atoms with Crippen LogP contribution in [0, 0.1) is 10.5 Å². The number of benzene rings is 1. The minimum Gasteiger partial charge on any atom is -0.293 e. The van der Waals surface area contributed by atoms with Gasteiger partial charge in [-0.05, 0) is 42.0 Å². The van der Waals surface area contributed by atoms with Crippen molar-refractivity contribution in [2.75, 3.05) is 0 Å². The quantitative estimate of drug-likeness (QED) is 0.452. The van der Waals surface area contributed by atoms with Gasteiger partial charge >= 0.3 is 0 Å². The molecule has 0 saturated heterocycles. The van der Waals surface area contributed by atoms with Crippen LogP contribution in [0.3, 0.4) is 0 Å². The van der Waals surface area contributed by atoms with Crippen LogP contribution in [-0.4, -0.2) is 10.6 Å². The molecule has 1 aromatic rings. The number of rotatable bonds is 2. The third-order valence-corrected chi connectivity index (χ3v) is 3.67. The van der Waals surface area contributed by atoms with Gasteiger partial charge in [0.1, 0.15) is 0 Å². The third kappa shape index (κ3) is 2.53. The molecule has 0 spiro atoms. The van der Waals surface area contributed by atoms with E-state index in [2.05, 4.69) is 38.5 Å². The van der Waals surface area contributed by atoms with Gasteiger partial charge in [-0.25, -0.2) is 0 Å². The van der Waals surface area contributed by atoms with Gasteiger partial charge in [0.05, 0.1) is 4.83 Å². The van der Waals surface area contributed by atoms with Crippen molar-refractivity contribution >= 4 is 44.3 Å². The summed E-state index contributed by atoms with van der Waals surface area (Å²) < 4.78 is 1.05. The molecule has 1 aromatic carbocycles. The van der Waals surface area contributed by atoms with Gasteiger partial charge in [0.15, 0.2) is 5.78 Å². The maximum Gasteiger partial charge on any atom is 0.177 e. The molecule has 0 N–H and O–H groups in total. The Bertz CT molecular complexity index is 334. The monoisotopic (exact) mass is 352 g/mol. The Morgan fingerprint density at radius 3 is 2.69 bits per heavy atom. The third-order valence-electron chi connectivity index (χ3n) is 1.82. The van der Waals surface area contributed by atoms with E-state index in [0.29, 0.717) is 0 Å². The summed E-state index contributed by atoms with van der Waals surface area (Å²) in [4.78, 5) is 11.6. The summed E-state index contributed by atoms with van der Waals surface area (Å²) >= 11 is 5.49. The zero-order valence-electron chi connectivity index (χ0n) is 7.47. The molecule has 3 heteroatoms. The predicted octanol–water partition coefficient (Wildman–Crippen LogP) is 3.57. The summed E-state index contributed by atoms with van der Waals surface area (Å²) in [5.41, 5.74) is 1.96. The molecule has 0 fully saturated rings. The number of hydrogen-bond acceptors (Lipinski definition) is 1. The Kier molecular flexibility index (Phi) is 3.91. The van der Waals surface area contributed by atoms with Crippen molar-refractivity contribution < 1.29 is 4.79 Å². The van der Waals surface area contributed by atoms with E-state index in [1.54, 1.807) is 0 Å². The van der Waals surface area contributed by atoms with Crippen LogP contribution >= 0.6 is 38.5 Å². The van der Waals surface area contributed by atoms with E-state index in [1.807, 2.05) is 32.0 Å². The Morgan fingerprint density at radius 2 is 2.15 bits per heavy atom. The fraction of sp³-hybridized carbons (Fsp3) is 0.300. The first-order valence-electron chi connectivity index (χ1n) is 3.97. The molecule has 13 heavy (non-hydrogen) atoms. The highest BCUT2D eigenvalue weighted by Crippen LogP contribution is 2.19. The van der Waals surface area contributed by atoms with Gasteiger partial charge in [0, 0.05) is 9.13 Å². The molecule has 0 radical (unpaired) electrons. The highest BCUT2D eigenvalue weighted by Gasteiger charge is 2.15. The van der Waals surface area contributed by atoms with Crippen LogP contribution in [0.2, 0.25) is 0 Å². The van der Waals surface area contributed by atoms with Crippen LogP contribution < -0.4 is 0 Å². The largest absolute Gasteiger partial charge is 0.293 e. The van der Waals surface area contributed by atoms with E-state index in [1.165, 1.54) is 0 Å². The van der Waals surface area contributed by atoms with E-state index in [0.717, 1.165) is 14.7 Å². The zero-order valence-corrected chi connectivity index (χ0v) is 11.2. The van der Waals surface area contributed by atoms with Crippen molar-refractivity contribution in [2.24, 2.45) is 0 Å². The highest BCUT2D eigenvalue weighted by atomic mass is 127. The molecule has 0 aliphatic carbocycles. The second-order valence-corrected chi connectivity index (χ2v) is 5.37. The van der Waals surface area contributed by atoms with Crippen LogP contribution in [0.4, 0.5) is 0 Å². The molecule has 1 nitrogen and oxygen atoms in total. The van der Waals surface area contributed by atoms with Gasteiger partial charge < -0.3 is 0 Å². The van der Waals surface area contributed by atoms with Crippen LogP contribution in [0.25, 0.3) is 0 Å². The van der Waals surface area contributed by atoms with Crippen LogP contribution in [-0.2, 0) is 0 Å². The number of ketones is 1. The van der Waals surface area contributed by atoms with Crippen molar-refractivity contribution in [2.45, 2.75) is 18.7 Å². The lowest BCUT2D eigenvalue weighted by Crippen LogP contribution is -2.12. The molecule has 0 aliphatic heterocycles. The number of halogens is 2.